The molecule has 0 aliphatic heterocycles. The van der Waals surface area contributed by atoms with E-state index in [0.29, 0.717) is 36.5 Å². The molecule has 3 rings (SSSR count). The summed E-state index contributed by atoms with van der Waals surface area (Å²) in [7, 11) is 1.58. The van der Waals surface area contributed by atoms with Crippen molar-refractivity contribution >= 4 is 17.5 Å². The number of aromatic hydroxyl groups is 1. The Bertz CT molecular complexity index is 948. The highest BCUT2D eigenvalue weighted by molar-refractivity contribution is 6.07. The fourth-order valence-corrected chi connectivity index (χ4v) is 3.42. The van der Waals surface area contributed by atoms with Crippen LogP contribution in [-0.4, -0.2) is 42.4 Å². The van der Waals surface area contributed by atoms with Gasteiger partial charge in [0.1, 0.15) is 11.5 Å². The number of carbonyl (C=O) groups is 2. The second-order valence-electron chi connectivity index (χ2n) is 7.05. The molecule has 0 saturated carbocycles. The third-order valence-electron chi connectivity index (χ3n) is 4.77. The quantitative estimate of drug-likeness (QED) is 0.646. The lowest BCUT2D eigenvalue weighted by atomic mass is 9.93. The Kier molecular flexibility index (Phi) is 6.33. The highest BCUT2D eigenvalue weighted by Gasteiger charge is 2.28. The Morgan fingerprint density at radius 2 is 2.03 bits per heavy atom. The highest BCUT2D eigenvalue weighted by atomic mass is 16.5. The minimum Gasteiger partial charge on any atom is -0.507 e. The fraction of sp³-hybridized carbons (Fsp3) is 0.381. The minimum absolute atomic E-state index is 0.113. The largest absolute Gasteiger partial charge is 0.507 e. The molecule has 154 valence electrons. The van der Waals surface area contributed by atoms with Gasteiger partial charge in [-0.25, -0.2) is 5.43 Å². The van der Waals surface area contributed by atoms with Crippen molar-refractivity contribution in [3.05, 3.63) is 52.5 Å². The number of aryl methyl sites for hydroxylation is 1. The molecule has 0 spiro atoms. The van der Waals surface area contributed by atoms with Gasteiger partial charge in [0.15, 0.2) is 5.76 Å². The summed E-state index contributed by atoms with van der Waals surface area (Å²) >= 11 is 0. The number of ether oxygens (including phenoxy) is 1. The van der Waals surface area contributed by atoms with E-state index in [1.807, 2.05) is 13.8 Å². The maximum absolute atomic E-state index is 12.6. The van der Waals surface area contributed by atoms with Crippen LogP contribution < -0.4 is 10.7 Å². The number of nitrogens with one attached hydrogen (secondary N) is 2. The third-order valence-corrected chi connectivity index (χ3v) is 4.77. The van der Waals surface area contributed by atoms with E-state index in [1.54, 1.807) is 19.2 Å². The number of hydrogen-bond donors (Lipinski definition) is 3. The van der Waals surface area contributed by atoms with E-state index in [-0.39, 0.29) is 29.0 Å². The second kappa shape index (κ2) is 8.91. The number of rotatable bonds is 6. The van der Waals surface area contributed by atoms with Gasteiger partial charge in [-0.2, -0.15) is 5.10 Å². The number of fused-ring (bicyclic) bond motifs is 1. The zero-order valence-corrected chi connectivity index (χ0v) is 16.7. The van der Waals surface area contributed by atoms with Crippen molar-refractivity contribution in [2.45, 2.75) is 39.2 Å². The number of phenols is 1. The molecule has 2 aromatic rings. The van der Waals surface area contributed by atoms with Gasteiger partial charge in [0.25, 0.3) is 11.8 Å². The van der Waals surface area contributed by atoms with Crippen molar-refractivity contribution in [1.29, 1.82) is 0 Å². The van der Waals surface area contributed by atoms with E-state index in [0.717, 1.165) is 12.0 Å². The normalized spacial score (nSPS) is 15.6. The molecule has 1 aliphatic carbocycles. The summed E-state index contributed by atoms with van der Waals surface area (Å²) in [5.74, 6) is 0.0147. The molecule has 3 N–H and O–H groups in total. The summed E-state index contributed by atoms with van der Waals surface area (Å²) in [6.07, 6.45) is 2.14. The number of hydrogen-bond acceptors (Lipinski definition) is 6. The Labute approximate surface area is 168 Å². The molecule has 1 aliphatic rings. The van der Waals surface area contributed by atoms with Gasteiger partial charge in [0, 0.05) is 30.7 Å². The van der Waals surface area contributed by atoms with Crippen molar-refractivity contribution in [2.75, 3.05) is 13.7 Å². The molecule has 1 unspecified atom stereocenters. The van der Waals surface area contributed by atoms with Crippen LogP contribution in [0.1, 0.15) is 57.6 Å². The molecule has 29 heavy (non-hydrogen) atoms. The summed E-state index contributed by atoms with van der Waals surface area (Å²) in [5.41, 5.74) is 4.75. The van der Waals surface area contributed by atoms with Gasteiger partial charge in [0.05, 0.1) is 17.9 Å². The van der Waals surface area contributed by atoms with Crippen LogP contribution in [0.5, 0.6) is 5.75 Å². The number of benzene rings is 1. The predicted molar refractivity (Wildman–Crippen MR) is 107 cm³/mol. The van der Waals surface area contributed by atoms with E-state index in [9.17, 15) is 14.7 Å². The lowest BCUT2D eigenvalue weighted by molar-refractivity contribution is 0.0874. The Hall–Kier alpha value is -3.13. The van der Waals surface area contributed by atoms with E-state index >= 15 is 0 Å². The van der Waals surface area contributed by atoms with Gasteiger partial charge in [0.2, 0.25) is 0 Å². The molecule has 2 amide bonds. The van der Waals surface area contributed by atoms with Crippen molar-refractivity contribution in [1.82, 2.24) is 10.7 Å². The highest BCUT2D eigenvalue weighted by Crippen LogP contribution is 2.30. The van der Waals surface area contributed by atoms with Crippen LogP contribution in [0.15, 0.2) is 33.8 Å². The standard InChI is InChI=1S/C21H25N3O5/c1-12(11-28-3)22-21(27)19-13(2)18-15(8-6-10-17(18)29-19)23-24-20(26)14-7-4-5-9-16(14)25/h4-5,7,9,12,25H,6,8,10-11H2,1-3H3,(H,22,27)(H,24,26)/b23-15+. The van der Waals surface area contributed by atoms with Crippen LogP contribution >= 0.6 is 0 Å². The van der Waals surface area contributed by atoms with Gasteiger partial charge in [-0.3, -0.25) is 9.59 Å². The van der Waals surface area contributed by atoms with Crippen LogP contribution in [0.3, 0.4) is 0 Å². The fourth-order valence-electron chi connectivity index (χ4n) is 3.42. The summed E-state index contributed by atoms with van der Waals surface area (Å²) < 4.78 is 10.9. The van der Waals surface area contributed by atoms with Gasteiger partial charge in [-0.15, -0.1) is 0 Å². The maximum atomic E-state index is 12.6. The molecular weight excluding hydrogens is 374 g/mol. The number of furan rings is 1. The summed E-state index contributed by atoms with van der Waals surface area (Å²) in [6, 6.07) is 6.11. The molecule has 8 heteroatoms. The minimum atomic E-state index is -0.504. The zero-order chi connectivity index (χ0) is 21.0. The molecule has 1 aromatic carbocycles. The number of phenolic OH excluding ortho intramolecular Hbond substituents is 1. The third kappa shape index (κ3) is 4.48. The van der Waals surface area contributed by atoms with Crippen LogP contribution in [0.2, 0.25) is 0 Å². The smallest absolute Gasteiger partial charge is 0.287 e. The molecule has 0 saturated heterocycles. The average molecular weight is 399 g/mol. The van der Waals surface area contributed by atoms with E-state index in [4.69, 9.17) is 9.15 Å². The van der Waals surface area contributed by atoms with E-state index in [2.05, 4.69) is 15.8 Å². The van der Waals surface area contributed by atoms with Crippen molar-refractivity contribution in [3.63, 3.8) is 0 Å². The second-order valence-corrected chi connectivity index (χ2v) is 7.05. The molecule has 8 nitrogen and oxygen atoms in total. The van der Waals surface area contributed by atoms with Gasteiger partial charge < -0.3 is 19.6 Å². The van der Waals surface area contributed by atoms with Gasteiger partial charge in [-0.1, -0.05) is 12.1 Å². The SMILES string of the molecule is COCC(C)NC(=O)c1oc2c(c1C)/C(=N/NC(=O)c1ccccc1O)CCC2. The summed E-state index contributed by atoms with van der Waals surface area (Å²) in [5, 5.41) is 16.9. The summed E-state index contributed by atoms with van der Waals surface area (Å²) in [6.45, 7) is 4.06. The Morgan fingerprint density at radius 1 is 1.28 bits per heavy atom. The molecule has 1 heterocycles. The predicted octanol–water partition coefficient (Wildman–Crippen LogP) is 2.53. The number of amides is 2. The van der Waals surface area contributed by atoms with E-state index < -0.39 is 5.91 Å². The topological polar surface area (TPSA) is 113 Å². The number of para-hydroxylation sites is 1. The molecule has 1 atom stereocenters. The number of hydrazone groups is 1. The van der Waals surface area contributed by atoms with Crippen LogP contribution in [-0.2, 0) is 11.2 Å². The first-order valence-corrected chi connectivity index (χ1v) is 9.49. The van der Waals surface area contributed by atoms with Crippen LogP contribution in [0, 0.1) is 6.92 Å². The number of nitrogens with zero attached hydrogens (tertiary/aromatic N) is 1. The Morgan fingerprint density at radius 3 is 2.76 bits per heavy atom. The molecule has 0 fully saturated rings. The average Bonchev–Trinajstić information content (AvgIpc) is 3.04. The van der Waals surface area contributed by atoms with Crippen LogP contribution in [0.4, 0.5) is 0 Å². The number of methoxy groups -OCH3 is 1. The molecule has 0 radical (unpaired) electrons. The monoisotopic (exact) mass is 399 g/mol. The molecule has 1 aromatic heterocycles. The van der Waals surface area contributed by atoms with Crippen molar-refractivity contribution in [3.8, 4) is 5.75 Å². The number of carbonyl (C=O) groups excluding carboxylic acids is 2. The first-order valence-electron chi connectivity index (χ1n) is 9.49. The molecule has 0 bridgehead atoms. The van der Waals surface area contributed by atoms with Gasteiger partial charge in [-0.05, 0) is 38.8 Å². The Balaban J connectivity index is 1.82. The first kappa shape index (κ1) is 20.6. The molecular formula is C21H25N3O5. The lowest BCUT2D eigenvalue weighted by Crippen LogP contribution is -2.35. The maximum Gasteiger partial charge on any atom is 0.287 e. The van der Waals surface area contributed by atoms with Crippen LogP contribution in [0.25, 0.3) is 0 Å². The zero-order valence-electron chi connectivity index (χ0n) is 16.7. The van der Waals surface area contributed by atoms with Crippen molar-refractivity contribution in [2.24, 2.45) is 5.10 Å². The van der Waals surface area contributed by atoms with E-state index in [1.165, 1.54) is 12.1 Å². The van der Waals surface area contributed by atoms with Crippen molar-refractivity contribution < 1.29 is 23.8 Å². The van der Waals surface area contributed by atoms with Gasteiger partial charge >= 0.3 is 0 Å². The first-order chi connectivity index (χ1) is 13.9. The lowest BCUT2D eigenvalue weighted by Gasteiger charge is -2.13. The summed E-state index contributed by atoms with van der Waals surface area (Å²) in [4.78, 5) is 24.9.